The van der Waals surface area contributed by atoms with E-state index in [1.165, 1.54) is 0 Å². The summed E-state index contributed by atoms with van der Waals surface area (Å²) in [5.41, 5.74) is -0.248. The van der Waals surface area contributed by atoms with E-state index in [1.54, 1.807) is 26.0 Å². The summed E-state index contributed by atoms with van der Waals surface area (Å²) in [6.07, 6.45) is 5.64. The molecule has 24 heavy (non-hydrogen) atoms. The van der Waals surface area contributed by atoms with Crippen LogP contribution in [0.3, 0.4) is 0 Å². The van der Waals surface area contributed by atoms with Crippen LogP contribution in [0.25, 0.3) is 0 Å². The Bertz CT molecular complexity index is 785. The molecule has 0 unspecified atom stereocenters. The van der Waals surface area contributed by atoms with Gasteiger partial charge in [0.05, 0.1) is 0 Å². The van der Waals surface area contributed by atoms with Crippen molar-refractivity contribution in [3.63, 3.8) is 0 Å². The summed E-state index contributed by atoms with van der Waals surface area (Å²) in [5, 5.41) is 7.08. The van der Waals surface area contributed by atoms with Gasteiger partial charge >= 0.3 is 0 Å². The number of pyridine rings is 1. The number of nitrogens with one attached hydrogen (secondary N) is 2. The molecule has 128 valence electrons. The number of rotatable bonds is 3. The molecule has 0 spiro atoms. The molecule has 1 fully saturated rings. The van der Waals surface area contributed by atoms with Gasteiger partial charge in [-0.25, -0.2) is 0 Å². The Labute approximate surface area is 139 Å². The summed E-state index contributed by atoms with van der Waals surface area (Å²) in [5.74, 6) is 0.565. The third-order valence-corrected chi connectivity index (χ3v) is 4.57. The normalized spacial score (nSPS) is 17.2. The first kappa shape index (κ1) is 16.4. The molecule has 2 aromatic rings. The van der Waals surface area contributed by atoms with Gasteiger partial charge < -0.3 is 14.8 Å². The fourth-order valence-electron chi connectivity index (χ4n) is 3.27. The van der Waals surface area contributed by atoms with Gasteiger partial charge in [0.15, 0.2) is 5.82 Å². The van der Waals surface area contributed by atoms with E-state index in [0.29, 0.717) is 11.7 Å². The lowest BCUT2D eigenvalue weighted by Crippen LogP contribution is -2.47. The molecular weight excluding hydrogens is 308 g/mol. The van der Waals surface area contributed by atoms with Crippen molar-refractivity contribution >= 4 is 5.91 Å². The van der Waals surface area contributed by atoms with Gasteiger partial charge in [0.25, 0.3) is 11.5 Å². The standard InChI is InChI=1S/C17H22N4O3/c1-11-7-8-13(14(22)18-11)15(23)20-17(9-5-3-4-6-10-17)16-19-12(2)24-21-16/h7-8H,3-6,9-10H2,1-2H3,(H,18,22)(H,20,23). The Morgan fingerprint density at radius 3 is 2.50 bits per heavy atom. The molecule has 3 rings (SSSR count). The number of aromatic amines is 1. The van der Waals surface area contributed by atoms with Gasteiger partial charge in [-0.15, -0.1) is 0 Å². The van der Waals surface area contributed by atoms with Crippen LogP contribution in [0.4, 0.5) is 0 Å². The minimum absolute atomic E-state index is 0.101. The predicted octanol–water partition coefficient (Wildman–Crippen LogP) is 2.35. The maximum atomic E-state index is 12.7. The molecule has 0 saturated heterocycles. The molecule has 7 heteroatoms. The van der Waals surface area contributed by atoms with E-state index in [0.717, 1.165) is 44.2 Å². The second kappa shape index (κ2) is 6.59. The Kier molecular flexibility index (Phi) is 4.51. The van der Waals surface area contributed by atoms with E-state index in [1.807, 2.05) is 0 Å². The van der Waals surface area contributed by atoms with Crippen molar-refractivity contribution in [1.82, 2.24) is 20.4 Å². The van der Waals surface area contributed by atoms with Crippen LogP contribution in [0.5, 0.6) is 0 Å². The highest BCUT2D eigenvalue weighted by Crippen LogP contribution is 2.34. The number of hydrogen-bond acceptors (Lipinski definition) is 5. The summed E-state index contributed by atoms with van der Waals surface area (Å²) in [6.45, 7) is 3.51. The molecule has 0 atom stereocenters. The molecule has 7 nitrogen and oxygen atoms in total. The second-order valence-corrected chi connectivity index (χ2v) is 6.47. The highest BCUT2D eigenvalue weighted by atomic mass is 16.5. The van der Waals surface area contributed by atoms with Crippen molar-refractivity contribution in [3.8, 4) is 0 Å². The number of amides is 1. The van der Waals surface area contributed by atoms with Gasteiger partial charge in [-0.1, -0.05) is 30.8 Å². The first-order chi connectivity index (χ1) is 11.5. The van der Waals surface area contributed by atoms with Crippen molar-refractivity contribution in [2.24, 2.45) is 0 Å². The molecule has 2 heterocycles. The SMILES string of the molecule is Cc1ccc(C(=O)NC2(c3noc(C)n3)CCCCCC2)c(=O)[nH]1. The Morgan fingerprint density at radius 1 is 1.21 bits per heavy atom. The predicted molar refractivity (Wildman–Crippen MR) is 87.7 cm³/mol. The van der Waals surface area contributed by atoms with E-state index < -0.39 is 11.4 Å². The van der Waals surface area contributed by atoms with Gasteiger partial charge in [0.1, 0.15) is 11.1 Å². The van der Waals surface area contributed by atoms with Crippen molar-refractivity contribution in [2.75, 3.05) is 0 Å². The van der Waals surface area contributed by atoms with Crippen molar-refractivity contribution in [1.29, 1.82) is 0 Å². The second-order valence-electron chi connectivity index (χ2n) is 6.47. The summed E-state index contributed by atoms with van der Waals surface area (Å²) < 4.78 is 5.13. The Balaban J connectivity index is 1.94. The lowest BCUT2D eigenvalue weighted by Gasteiger charge is -2.30. The minimum Gasteiger partial charge on any atom is -0.340 e. The van der Waals surface area contributed by atoms with E-state index in [9.17, 15) is 9.59 Å². The maximum absolute atomic E-state index is 12.7. The largest absolute Gasteiger partial charge is 0.340 e. The fourth-order valence-corrected chi connectivity index (χ4v) is 3.27. The van der Waals surface area contributed by atoms with E-state index in [4.69, 9.17) is 4.52 Å². The summed E-state index contributed by atoms with van der Waals surface area (Å²) in [4.78, 5) is 31.8. The Morgan fingerprint density at radius 2 is 1.92 bits per heavy atom. The third kappa shape index (κ3) is 3.25. The monoisotopic (exact) mass is 330 g/mol. The molecule has 2 N–H and O–H groups in total. The molecule has 1 amide bonds. The van der Waals surface area contributed by atoms with E-state index in [2.05, 4.69) is 20.4 Å². The molecule has 0 aliphatic heterocycles. The number of carbonyl (C=O) groups is 1. The zero-order chi connectivity index (χ0) is 17.2. The van der Waals surface area contributed by atoms with Gasteiger partial charge in [0, 0.05) is 12.6 Å². The van der Waals surface area contributed by atoms with Crippen molar-refractivity contribution in [3.05, 3.63) is 45.5 Å². The first-order valence-corrected chi connectivity index (χ1v) is 8.33. The zero-order valence-electron chi connectivity index (χ0n) is 14.0. The number of H-pyrrole nitrogens is 1. The summed E-state index contributed by atoms with van der Waals surface area (Å²) >= 11 is 0. The third-order valence-electron chi connectivity index (χ3n) is 4.57. The van der Waals surface area contributed by atoms with Crippen LogP contribution in [-0.2, 0) is 5.54 Å². The number of aromatic nitrogens is 3. The topological polar surface area (TPSA) is 101 Å². The molecule has 0 aromatic carbocycles. The summed E-state index contributed by atoms with van der Waals surface area (Å²) in [7, 11) is 0. The quantitative estimate of drug-likeness (QED) is 0.841. The van der Waals surface area contributed by atoms with Crippen LogP contribution in [0.15, 0.2) is 21.5 Å². The van der Waals surface area contributed by atoms with Crippen LogP contribution in [0.1, 0.15) is 66.3 Å². The Hall–Kier alpha value is -2.44. The van der Waals surface area contributed by atoms with Crippen LogP contribution in [0, 0.1) is 13.8 Å². The average molecular weight is 330 g/mol. The molecule has 2 aromatic heterocycles. The van der Waals surface area contributed by atoms with Crippen molar-refractivity contribution < 1.29 is 9.32 Å². The molecule has 0 bridgehead atoms. The lowest BCUT2D eigenvalue weighted by atomic mass is 9.88. The smallest absolute Gasteiger partial charge is 0.260 e. The minimum atomic E-state index is -0.678. The van der Waals surface area contributed by atoms with Gasteiger partial charge in [-0.3, -0.25) is 9.59 Å². The van der Waals surface area contributed by atoms with Gasteiger partial charge in [-0.2, -0.15) is 4.98 Å². The maximum Gasteiger partial charge on any atom is 0.260 e. The number of carbonyl (C=O) groups excluding carboxylic acids is 1. The van der Waals surface area contributed by atoms with E-state index in [-0.39, 0.29) is 11.1 Å². The van der Waals surface area contributed by atoms with Crippen LogP contribution in [-0.4, -0.2) is 21.0 Å². The van der Waals surface area contributed by atoms with Crippen LogP contribution >= 0.6 is 0 Å². The zero-order valence-corrected chi connectivity index (χ0v) is 14.0. The molecule has 1 saturated carbocycles. The molecule has 0 radical (unpaired) electrons. The van der Waals surface area contributed by atoms with Crippen LogP contribution in [0.2, 0.25) is 0 Å². The fraction of sp³-hybridized carbons (Fsp3) is 0.529. The van der Waals surface area contributed by atoms with E-state index >= 15 is 0 Å². The molecular formula is C17H22N4O3. The highest BCUT2D eigenvalue weighted by Gasteiger charge is 2.39. The number of nitrogens with zero attached hydrogens (tertiary/aromatic N) is 2. The van der Waals surface area contributed by atoms with Gasteiger partial charge in [-0.05, 0) is 31.9 Å². The van der Waals surface area contributed by atoms with Crippen LogP contribution < -0.4 is 10.9 Å². The summed E-state index contributed by atoms with van der Waals surface area (Å²) in [6, 6.07) is 3.27. The first-order valence-electron chi connectivity index (χ1n) is 8.33. The molecule has 1 aliphatic carbocycles. The van der Waals surface area contributed by atoms with Crippen molar-refractivity contribution in [2.45, 2.75) is 57.9 Å². The molecule has 1 aliphatic rings. The van der Waals surface area contributed by atoms with Gasteiger partial charge in [0.2, 0.25) is 5.89 Å². The number of hydrogen-bond donors (Lipinski definition) is 2. The lowest BCUT2D eigenvalue weighted by molar-refractivity contribution is 0.0875. The highest BCUT2D eigenvalue weighted by molar-refractivity contribution is 5.94. The average Bonchev–Trinajstić information content (AvgIpc) is 2.83. The number of aryl methyl sites for hydroxylation is 2.